The van der Waals surface area contributed by atoms with Crippen molar-refractivity contribution in [3.8, 4) is 0 Å². The van der Waals surface area contributed by atoms with Crippen molar-refractivity contribution in [2.45, 2.75) is 57.4 Å². The molecule has 2 saturated heterocycles. The number of hydrogen-bond donors (Lipinski definition) is 1. The standard InChI is InChI=1S/C23H34N4O2/c28-22(24-13-7-16-25-14-4-1-5-15-25)11-12-23(29)27-18-19-8-6-17-26(19)20-9-2-3-10-21(20)27/h2-3,9-10,19H,1,4-8,11-18H2,(H,24,28). The molecule has 0 bridgehead atoms. The van der Waals surface area contributed by atoms with E-state index in [1.54, 1.807) is 0 Å². The van der Waals surface area contributed by atoms with Crippen LogP contribution in [0.15, 0.2) is 24.3 Å². The molecule has 158 valence electrons. The van der Waals surface area contributed by atoms with Gasteiger partial charge in [0.05, 0.1) is 11.4 Å². The summed E-state index contributed by atoms with van der Waals surface area (Å²) >= 11 is 0. The fourth-order valence-corrected chi connectivity index (χ4v) is 4.98. The van der Waals surface area contributed by atoms with E-state index >= 15 is 0 Å². The lowest BCUT2D eigenvalue weighted by Gasteiger charge is -2.40. The van der Waals surface area contributed by atoms with Crippen LogP contribution in [0.2, 0.25) is 0 Å². The highest BCUT2D eigenvalue weighted by molar-refractivity contribution is 5.99. The summed E-state index contributed by atoms with van der Waals surface area (Å²) in [7, 11) is 0. The van der Waals surface area contributed by atoms with Crippen LogP contribution in [0.5, 0.6) is 0 Å². The van der Waals surface area contributed by atoms with Gasteiger partial charge in [0, 0.05) is 38.5 Å². The summed E-state index contributed by atoms with van der Waals surface area (Å²) in [5, 5.41) is 2.99. The van der Waals surface area contributed by atoms with Crippen molar-refractivity contribution >= 4 is 23.2 Å². The van der Waals surface area contributed by atoms with Gasteiger partial charge in [-0.15, -0.1) is 0 Å². The largest absolute Gasteiger partial charge is 0.365 e. The van der Waals surface area contributed by atoms with Gasteiger partial charge < -0.3 is 20.0 Å². The molecule has 3 aliphatic heterocycles. The zero-order valence-corrected chi connectivity index (χ0v) is 17.4. The van der Waals surface area contributed by atoms with Crippen molar-refractivity contribution in [3.63, 3.8) is 0 Å². The molecule has 4 rings (SSSR count). The van der Waals surface area contributed by atoms with E-state index in [9.17, 15) is 9.59 Å². The van der Waals surface area contributed by atoms with Gasteiger partial charge in [0.15, 0.2) is 0 Å². The predicted molar refractivity (Wildman–Crippen MR) is 116 cm³/mol. The number of likely N-dealkylation sites (tertiary alicyclic amines) is 1. The quantitative estimate of drug-likeness (QED) is 0.718. The monoisotopic (exact) mass is 398 g/mol. The first-order chi connectivity index (χ1) is 14.2. The number of piperidine rings is 1. The molecule has 2 fully saturated rings. The lowest BCUT2D eigenvalue weighted by Crippen LogP contribution is -2.48. The maximum atomic E-state index is 12.9. The van der Waals surface area contributed by atoms with Crippen molar-refractivity contribution in [1.82, 2.24) is 10.2 Å². The Balaban J connectivity index is 1.22. The maximum absolute atomic E-state index is 12.9. The number of carbonyl (C=O) groups is 2. The average molecular weight is 399 g/mol. The molecule has 0 radical (unpaired) electrons. The van der Waals surface area contributed by atoms with Crippen LogP contribution < -0.4 is 15.1 Å². The molecule has 1 aromatic carbocycles. The van der Waals surface area contributed by atoms with Crippen LogP contribution in [0.25, 0.3) is 0 Å². The Labute approximate surface area is 174 Å². The SMILES string of the molecule is O=C(CCC(=O)N1CC2CCCN2c2ccccc21)NCCCN1CCCCC1. The van der Waals surface area contributed by atoms with E-state index in [0.29, 0.717) is 12.6 Å². The van der Waals surface area contributed by atoms with Crippen molar-refractivity contribution in [2.75, 3.05) is 49.1 Å². The Hall–Kier alpha value is -2.08. The van der Waals surface area contributed by atoms with Gasteiger partial charge in [0.1, 0.15) is 0 Å². The van der Waals surface area contributed by atoms with Gasteiger partial charge in [0.25, 0.3) is 0 Å². The summed E-state index contributed by atoms with van der Waals surface area (Å²) < 4.78 is 0. The van der Waals surface area contributed by atoms with E-state index in [1.807, 2.05) is 23.1 Å². The third-order valence-electron chi connectivity index (χ3n) is 6.54. The van der Waals surface area contributed by atoms with Crippen LogP contribution in [-0.2, 0) is 9.59 Å². The minimum Gasteiger partial charge on any atom is -0.365 e. The number of nitrogens with zero attached hydrogens (tertiary/aromatic N) is 3. The van der Waals surface area contributed by atoms with Gasteiger partial charge in [-0.2, -0.15) is 0 Å². The first-order valence-corrected chi connectivity index (χ1v) is 11.4. The summed E-state index contributed by atoms with van der Waals surface area (Å²) in [5.74, 6) is 0.0530. The fourth-order valence-electron chi connectivity index (χ4n) is 4.98. The maximum Gasteiger partial charge on any atom is 0.227 e. The molecular formula is C23H34N4O2. The van der Waals surface area contributed by atoms with Gasteiger partial charge in [-0.3, -0.25) is 9.59 Å². The number of rotatable bonds is 7. The minimum atomic E-state index is -0.00946. The number of fused-ring (bicyclic) bond motifs is 3. The first kappa shape index (κ1) is 20.2. The Kier molecular flexibility index (Phi) is 6.70. The lowest BCUT2D eigenvalue weighted by atomic mass is 10.1. The normalized spacial score (nSPS) is 21.6. The van der Waals surface area contributed by atoms with Crippen LogP contribution in [0.4, 0.5) is 11.4 Å². The lowest BCUT2D eigenvalue weighted by molar-refractivity contribution is -0.125. The third-order valence-corrected chi connectivity index (χ3v) is 6.54. The average Bonchev–Trinajstić information content (AvgIpc) is 3.24. The molecule has 29 heavy (non-hydrogen) atoms. The Morgan fingerprint density at radius 1 is 0.966 bits per heavy atom. The highest BCUT2D eigenvalue weighted by Gasteiger charge is 2.35. The molecule has 3 heterocycles. The molecule has 0 aromatic heterocycles. The zero-order valence-electron chi connectivity index (χ0n) is 17.4. The molecule has 0 saturated carbocycles. The highest BCUT2D eigenvalue weighted by Crippen LogP contribution is 2.39. The molecule has 1 unspecified atom stereocenters. The molecule has 3 aliphatic rings. The predicted octanol–water partition coefficient (Wildman–Crippen LogP) is 2.77. The minimum absolute atomic E-state index is 0.00946. The van der Waals surface area contributed by atoms with Crippen molar-refractivity contribution in [3.05, 3.63) is 24.3 Å². The molecule has 1 N–H and O–H groups in total. The van der Waals surface area contributed by atoms with E-state index < -0.39 is 0 Å². The first-order valence-electron chi connectivity index (χ1n) is 11.4. The van der Waals surface area contributed by atoms with Gasteiger partial charge in [0.2, 0.25) is 11.8 Å². The van der Waals surface area contributed by atoms with Crippen molar-refractivity contribution in [1.29, 1.82) is 0 Å². The summed E-state index contributed by atoms with van der Waals surface area (Å²) in [5.41, 5.74) is 2.16. The summed E-state index contributed by atoms with van der Waals surface area (Å²) in [4.78, 5) is 31.9. The summed E-state index contributed by atoms with van der Waals surface area (Å²) in [6, 6.07) is 8.59. The second-order valence-electron chi connectivity index (χ2n) is 8.59. The van der Waals surface area contributed by atoms with Crippen LogP contribution in [0.1, 0.15) is 51.4 Å². The van der Waals surface area contributed by atoms with Crippen LogP contribution >= 0.6 is 0 Å². The van der Waals surface area contributed by atoms with Crippen LogP contribution in [-0.4, -0.2) is 62.0 Å². The highest BCUT2D eigenvalue weighted by atomic mass is 16.2. The Morgan fingerprint density at radius 2 is 1.76 bits per heavy atom. The second-order valence-corrected chi connectivity index (χ2v) is 8.59. The van der Waals surface area contributed by atoms with Gasteiger partial charge >= 0.3 is 0 Å². The number of amides is 2. The number of nitrogens with one attached hydrogen (secondary N) is 1. The van der Waals surface area contributed by atoms with Crippen LogP contribution in [0.3, 0.4) is 0 Å². The topological polar surface area (TPSA) is 55.9 Å². The number of hydrogen-bond acceptors (Lipinski definition) is 4. The Morgan fingerprint density at radius 3 is 2.59 bits per heavy atom. The number of anilines is 2. The van der Waals surface area contributed by atoms with Crippen molar-refractivity contribution in [2.24, 2.45) is 0 Å². The molecule has 1 aromatic rings. The van der Waals surface area contributed by atoms with Crippen LogP contribution in [0, 0.1) is 0 Å². The molecule has 1 atom stereocenters. The Bertz CT molecular complexity index is 717. The zero-order chi connectivity index (χ0) is 20.1. The molecule has 2 amide bonds. The van der Waals surface area contributed by atoms with E-state index in [0.717, 1.165) is 43.9 Å². The van der Waals surface area contributed by atoms with E-state index in [2.05, 4.69) is 21.2 Å². The summed E-state index contributed by atoms with van der Waals surface area (Å²) in [6.07, 6.45) is 7.79. The third kappa shape index (κ3) is 4.92. The summed E-state index contributed by atoms with van der Waals surface area (Å²) in [6.45, 7) is 5.96. The number of benzene rings is 1. The van der Waals surface area contributed by atoms with Gasteiger partial charge in [-0.25, -0.2) is 0 Å². The fraction of sp³-hybridized carbons (Fsp3) is 0.652. The van der Waals surface area contributed by atoms with E-state index in [4.69, 9.17) is 0 Å². The van der Waals surface area contributed by atoms with Crippen molar-refractivity contribution < 1.29 is 9.59 Å². The van der Waals surface area contributed by atoms with E-state index in [1.165, 1.54) is 38.8 Å². The van der Waals surface area contributed by atoms with E-state index in [-0.39, 0.29) is 24.7 Å². The molecular weight excluding hydrogens is 364 g/mol. The molecule has 0 spiro atoms. The molecule has 6 nitrogen and oxygen atoms in total. The molecule has 0 aliphatic carbocycles. The second kappa shape index (κ2) is 9.61. The smallest absolute Gasteiger partial charge is 0.227 e. The van der Waals surface area contributed by atoms with Gasteiger partial charge in [-0.1, -0.05) is 18.6 Å². The molecule has 6 heteroatoms. The number of carbonyl (C=O) groups excluding carboxylic acids is 2. The number of para-hydroxylation sites is 2. The van der Waals surface area contributed by atoms with Gasteiger partial charge in [-0.05, 0) is 63.9 Å².